The standard InChI is InChI=1S/C16H21N2O3P.C5H8N2/c1-4-8-17-15(14(20)10-19)16(22)18-11(2)12-6-5-7-13(9-12)21-3;1-2-5-3-6-7-4-5/h4-11,17-18H,22H2,1-3H3;2-3,7H,4H2,1H3/b8-4+,16-15+;5-2-/t11-;/m1./s1. The second-order valence-corrected chi connectivity index (χ2v) is 6.59. The molecule has 1 aromatic rings. The van der Waals surface area contributed by atoms with E-state index in [1.54, 1.807) is 19.4 Å². The lowest BCUT2D eigenvalue weighted by Gasteiger charge is -2.18. The Bertz CT molecular complexity index is 813. The first-order valence-electron chi connectivity index (χ1n) is 9.15. The summed E-state index contributed by atoms with van der Waals surface area (Å²) >= 11 is 0. The van der Waals surface area contributed by atoms with Crippen molar-refractivity contribution in [3.05, 3.63) is 64.9 Å². The lowest BCUT2D eigenvalue weighted by atomic mass is 10.1. The van der Waals surface area contributed by atoms with Gasteiger partial charge < -0.3 is 20.8 Å². The number of hydrogen-bond donors (Lipinski definition) is 3. The molecular weight excluding hydrogens is 387 g/mol. The van der Waals surface area contributed by atoms with E-state index in [1.807, 2.05) is 57.3 Å². The summed E-state index contributed by atoms with van der Waals surface area (Å²) in [4.78, 5) is 22.4. The van der Waals surface area contributed by atoms with Gasteiger partial charge in [0.25, 0.3) is 0 Å². The van der Waals surface area contributed by atoms with Crippen LogP contribution in [0.3, 0.4) is 0 Å². The van der Waals surface area contributed by atoms with Crippen LogP contribution in [0.25, 0.3) is 0 Å². The molecule has 0 bridgehead atoms. The van der Waals surface area contributed by atoms with Gasteiger partial charge in [-0.3, -0.25) is 9.59 Å². The number of aldehydes is 1. The summed E-state index contributed by atoms with van der Waals surface area (Å²) in [5.74, 6) is 0.144. The van der Waals surface area contributed by atoms with E-state index < -0.39 is 5.78 Å². The van der Waals surface area contributed by atoms with Crippen LogP contribution >= 0.6 is 9.24 Å². The van der Waals surface area contributed by atoms with E-state index in [2.05, 4.69) is 30.4 Å². The maximum atomic E-state index is 11.7. The Morgan fingerprint density at radius 1 is 1.38 bits per heavy atom. The molecule has 0 fully saturated rings. The zero-order valence-corrected chi connectivity index (χ0v) is 18.4. The SMILES string of the molecule is C/C=C/N/C(C(=O)C=O)=C(/P)N[C@H](C)c1cccc(OC)c1.C/C=C1/C=NNC1. The molecule has 0 saturated heterocycles. The maximum Gasteiger partial charge on any atom is 0.243 e. The van der Waals surface area contributed by atoms with Crippen molar-refractivity contribution in [1.82, 2.24) is 16.1 Å². The fourth-order valence-electron chi connectivity index (χ4n) is 2.29. The molecule has 0 aromatic heterocycles. The molecule has 2 rings (SSSR count). The summed E-state index contributed by atoms with van der Waals surface area (Å²) in [5, 5.41) is 9.78. The number of rotatable bonds is 8. The lowest BCUT2D eigenvalue weighted by molar-refractivity contribution is -0.127. The van der Waals surface area contributed by atoms with Crippen molar-refractivity contribution in [3.63, 3.8) is 0 Å². The van der Waals surface area contributed by atoms with Gasteiger partial charge in [-0.2, -0.15) is 5.10 Å². The van der Waals surface area contributed by atoms with Crippen molar-refractivity contribution in [3.8, 4) is 5.75 Å². The number of ether oxygens (including phenoxy) is 1. The van der Waals surface area contributed by atoms with Gasteiger partial charge in [0.2, 0.25) is 5.78 Å². The number of hydrazone groups is 1. The quantitative estimate of drug-likeness (QED) is 0.261. The smallest absolute Gasteiger partial charge is 0.243 e. The van der Waals surface area contributed by atoms with Crippen LogP contribution in [-0.4, -0.2) is 31.9 Å². The third-order valence-electron chi connectivity index (χ3n) is 3.96. The van der Waals surface area contributed by atoms with E-state index in [1.165, 1.54) is 5.57 Å². The summed E-state index contributed by atoms with van der Waals surface area (Å²) < 4.78 is 5.20. The van der Waals surface area contributed by atoms with Gasteiger partial charge in [-0.05, 0) is 50.2 Å². The molecule has 1 aromatic carbocycles. The highest BCUT2D eigenvalue weighted by molar-refractivity contribution is 7.22. The average Bonchev–Trinajstić information content (AvgIpc) is 3.28. The van der Waals surface area contributed by atoms with Gasteiger partial charge in [-0.25, -0.2) is 0 Å². The number of methoxy groups -OCH3 is 1. The predicted octanol–water partition coefficient (Wildman–Crippen LogP) is 2.80. The van der Waals surface area contributed by atoms with Gasteiger partial charge >= 0.3 is 0 Å². The number of carbonyl (C=O) groups excluding carboxylic acids is 2. The molecule has 1 aliphatic heterocycles. The Morgan fingerprint density at radius 2 is 2.14 bits per heavy atom. The van der Waals surface area contributed by atoms with Crippen molar-refractivity contribution in [1.29, 1.82) is 0 Å². The highest BCUT2D eigenvalue weighted by atomic mass is 31.0. The number of nitrogens with zero attached hydrogens (tertiary/aromatic N) is 1. The van der Waals surface area contributed by atoms with Crippen molar-refractivity contribution >= 4 is 27.5 Å². The third kappa shape index (κ3) is 8.32. The normalized spacial score (nSPS) is 15.7. The lowest BCUT2D eigenvalue weighted by Crippen LogP contribution is -2.24. The second-order valence-electron chi connectivity index (χ2n) is 6.01. The van der Waals surface area contributed by atoms with Crippen molar-refractivity contribution in [2.75, 3.05) is 13.7 Å². The molecule has 8 heteroatoms. The van der Waals surface area contributed by atoms with Crippen molar-refractivity contribution in [2.24, 2.45) is 5.10 Å². The van der Waals surface area contributed by atoms with Crippen LogP contribution in [0.4, 0.5) is 0 Å². The molecule has 2 atom stereocenters. The molecule has 1 aliphatic rings. The van der Waals surface area contributed by atoms with E-state index >= 15 is 0 Å². The van der Waals surface area contributed by atoms with E-state index in [4.69, 9.17) is 4.74 Å². The fraction of sp³-hybridized carbons (Fsp3) is 0.286. The van der Waals surface area contributed by atoms with Crippen LogP contribution in [0, 0.1) is 0 Å². The highest BCUT2D eigenvalue weighted by Gasteiger charge is 2.14. The summed E-state index contributed by atoms with van der Waals surface area (Å²) in [6, 6.07) is 7.57. The van der Waals surface area contributed by atoms with Crippen LogP contribution in [0.5, 0.6) is 5.75 Å². The van der Waals surface area contributed by atoms with Gasteiger partial charge in [0, 0.05) is 6.04 Å². The largest absolute Gasteiger partial charge is 0.497 e. The summed E-state index contributed by atoms with van der Waals surface area (Å²) in [6.45, 7) is 6.67. The van der Waals surface area contributed by atoms with Crippen molar-refractivity contribution < 1.29 is 14.3 Å². The van der Waals surface area contributed by atoms with Gasteiger partial charge in [-0.1, -0.05) is 33.5 Å². The minimum absolute atomic E-state index is 0.0653. The number of Topliss-reactive ketones (excluding diaryl/α,β-unsaturated/α-hetero) is 1. The van der Waals surface area contributed by atoms with E-state index in [9.17, 15) is 9.59 Å². The number of carbonyl (C=O) groups is 2. The summed E-state index contributed by atoms with van der Waals surface area (Å²) in [5.41, 5.74) is 5.81. The van der Waals surface area contributed by atoms with Gasteiger partial charge in [0.15, 0.2) is 6.29 Å². The molecule has 0 radical (unpaired) electrons. The summed E-state index contributed by atoms with van der Waals surface area (Å²) in [7, 11) is 4.06. The number of benzene rings is 1. The topological polar surface area (TPSA) is 91.8 Å². The Balaban J connectivity index is 0.000000502. The zero-order valence-electron chi connectivity index (χ0n) is 17.2. The van der Waals surface area contributed by atoms with Gasteiger partial charge in [0.05, 0.1) is 25.3 Å². The first-order chi connectivity index (χ1) is 14.0. The zero-order chi connectivity index (χ0) is 21.6. The molecule has 1 heterocycles. The molecule has 0 aliphatic carbocycles. The molecule has 1 unspecified atom stereocenters. The average molecular weight is 416 g/mol. The Kier molecular flexibility index (Phi) is 11.1. The van der Waals surface area contributed by atoms with E-state index in [0.29, 0.717) is 5.44 Å². The molecule has 29 heavy (non-hydrogen) atoms. The Labute approximate surface area is 174 Å². The minimum atomic E-state index is -0.617. The molecular formula is C21H29N4O3P. The van der Waals surface area contributed by atoms with Gasteiger partial charge in [0.1, 0.15) is 11.4 Å². The highest BCUT2D eigenvalue weighted by Crippen LogP contribution is 2.21. The van der Waals surface area contributed by atoms with Crippen LogP contribution < -0.4 is 20.8 Å². The molecule has 3 N–H and O–H groups in total. The van der Waals surface area contributed by atoms with Crippen LogP contribution in [0.2, 0.25) is 0 Å². The van der Waals surface area contributed by atoms with Crippen LogP contribution in [0.15, 0.2) is 64.4 Å². The second kappa shape index (κ2) is 13.3. The Hall–Kier alpha value is -2.92. The monoisotopic (exact) mass is 416 g/mol. The van der Waals surface area contributed by atoms with Crippen LogP contribution in [-0.2, 0) is 9.59 Å². The molecule has 156 valence electrons. The Morgan fingerprint density at radius 3 is 2.66 bits per heavy atom. The molecule has 7 nitrogen and oxygen atoms in total. The molecule has 0 amide bonds. The van der Waals surface area contributed by atoms with E-state index in [0.717, 1.165) is 17.9 Å². The minimum Gasteiger partial charge on any atom is -0.497 e. The number of allylic oxidation sites excluding steroid dienone is 3. The number of ketones is 1. The van der Waals surface area contributed by atoms with Crippen LogP contribution in [0.1, 0.15) is 32.4 Å². The predicted molar refractivity (Wildman–Crippen MR) is 121 cm³/mol. The number of nitrogens with one attached hydrogen (secondary N) is 3. The number of hydrogen-bond acceptors (Lipinski definition) is 7. The summed E-state index contributed by atoms with van der Waals surface area (Å²) in [6.07, 6.45) is 7.50. The van der Waals surface area contributed by atoms with Gasteiger partial charge in [-0.15, -0.1) is 0 Å². The van der Waals surface area contributed by atoms with E-state index in [-0.39, 0.29) is 18.0 Å². The first kappa shape index (κ1) is 24.1. The van der Waals surface area contributed by atoms with Crippen molar-refractivity contribution in [2.45, 2.75) is 26.8 Å². The maximum absolute atomic E-state index is 11.7. The molecule has 0 spiro atoms. The fourth-order valence-corrected chi connectivity index (χ4v) is 2.77. The first-order valence-corrected chi connectivity index (χ1v) is 9.73. The molecule has 0 saturated carbocycles. The third-order valence-corrected chi connectivity index (χ3v) is 4.41.